The lowest BCUT2D eigenvalue weighted by atomic mass is 10.2. The number of hydrogen-bond donors (Lipinski definition) is 2. The van der Waals surface area contributed by atoms with Crippen molar-refractivity contribution in [3.05, 3.63) is 40.0 Å². The predicted molar refractivity (Wildman–Crippen MR) is 67.4 cm³/mol. The maximum atomic E-state index is 5.82. The minimum absolute atomic E-state index is 0.204. The molecular weight excluding hydrogens is 220 g/mol. The van der Waals surface area contributed by atoms with Gasteiger partial charge in [0, 0.05) is 17.1 Å². The topological polar surface area (TPSA) is 51.2 Å². The molecule has 0 bridgehead atoms. The van der Waals surface area contributed by atoms with Crippen LogP contribution < -0.4 is 11.1 Å². The molecule has 1 atom stereocenters. The fourth-order valence-corrected chi connectivity index (χ4v) is 2.28. The molecule has 0 aliphatic carbocycles. The summed E-state index contributed by atoms with van der Waals surface area (Å²) in [6.07, 6.45) is 0. The van der Waals surface area contributed by atoms with E-state index in [4.69, 9.17) is 10.2 Å². The van der Waals surface area contributed by atoms with Crippen LogP contribution in [0.1, 0.15) is 29.4 Å². The standard InChI is InChI=1S/C12H16N2OS/c1-8-3-4-11(15-8)9(2)14-7-12-10(13)5-6-16-12/h3-6,9,14H,7,13H2,1-2H3. The first-order valence-electron chi connectivity index (χ1n) is 5.28. The third-order valence-corrected chi connectivity index (χ3v) is 3.47. The molecule has 0 saturated carbocycles. The summed E-state index contributed by atoms with van der Waals surface area (Å²) >= 11 is 1.67. The molecule has 3 N–H and O–H groups in total. The second-order valence-corrected chi connectivity index (χ2v) is 4.85. The van der Waals surface area contributed by atoms with Crippen LogP contribution in [0.25, 0.3) is 0 Å². The third-order valence-electron chi connectivity index (χ3n) is 2.54. The van der Waals surface area contributed by atoms with Crippen molar-refractivity contribution in [2.24, 2.45) is 0 Å². The molecular formula is C12H16N2OS. The van der Waals surface area contributed by atoms with Crippen molar-refractivity contribution in [1.29, 1.82) is 0 Å². The molecule has 0 amide bonds. The Morgan fingerprint density at radius 2 is 2.25 bits per heavy atom. The fourth-order valence-electron chi connectivity index (χ4n) is 1.53. The van der Waals surface area contributed by atoms with Crippen LogP contribution in [0.15, 0.2) is 28.0 Å². The van der Waals surface area contributed by atoms with Gasteiger partial charge in [-0.15, -0.1) is 11.3 Å². The lowest BCUT2D eigenvalue weighted by Crippen LogP contribution is -2.17. The average molecular weight is 236 g/mol. The zero-order chi connectivity index (χ0) is 11.5. The van der Waals surface area contributed by atoms with Gasteiger partial charge in [0.1, 0.15) is 11.5 Å². The molecule has 0 saturated heterocycles. The van der Waals surface area contributed by atoms with Crippen molar-refractivity contribution in [1.82, 2.24) is 5.32 Å². The summed E-state index contributed by atoms with van der Waals surface area (Å²) in [5.74, 6) is 1.91. The van der Waals surface area contributed by atoms with E-state index in [2.05, 4.69) is 12.2 Å². The molecule has 3 nitrogen and oxygen atoms in total. The molecule has 0 fully saturated rings. The Hall–Kier alpha value is -1.26. The summed E-state index contributed by atoms with van der Waals surface area (Å²) in [7, 11) is 0. The zero-order valence-corrected chi connectivity index (χ0v) is 10.3. The highest BCUT2D eigenvalue weighted by Crippen LogP contribution is 2.21. The highest BCUT2D eigenvalue weighted by atomic mass is 32.1. The summed E-state index contributed by atoms with van der Waals surface area (Å²) in [6.45, 7) is 4.82. The van der Waals surface area contributed by atoms with Gasteiger partial charge in [-0.05, 0) is 37.4 Å². The monoisotopic (exact) mass is 236 g/mol. The summed E-state index contributed by atoms with van der Waals surface area (Å²) in [5, 5.41) is 5.40. The molecule has 2 aromatic heterocycles. The van der Waals surface area contributed by atoms with Crippen LogP contribution in [0, 0.1) is 6.92 Å². The number of anilines is 1. The van der Waals surface area contributed by atoms with Gasteiger partial charge >= 0.3 is 0 Å². The van der Waals surface area contributed by atoms with Crippen LogP contribution >= 0.6 is 11.3 Å². The number of thiophene rings is 1. The highest BCUT2D eigenvalue weighted by molar-refractivity contribution is 7.10. The van der Waals surface area contributed by atoms with E-state index in [1.54, 1.807) is 11.3 Å². The second kappa shape index (κ2) is 4.72. The van der Waals surface area contributed by atoms with Gasteiger partial charge in [0.25, 0.3) is 0 Å². The summed E-state index contributed by atoms with van der Waals surface area (Å²) in [6, 6.07) is 6.12. The third kappa shape index (κ3) is 2.46. The molecule has 2 rings (SSSR count). The largest absolute Gasteiger partial charge is 0.465 e. The van der Waals surface area contributed by atoms with E-state index < -0.39 is 0 Å². The van der Waals surface area contributed by atoms with Gasteiger partial charge in [0.2, 0.25) is 0 Å². The van der Waals surface area contributed by atoms with Crippen molar-refractivity contribution < 1.29 is 4.42 Å². The number of rotatable bonds is 4. The Kier molecular flexibility index (Phi) is 3.31. The lowest BCUT2D eigenvalue weighted by molar-refractivity contribution is 0.417. The molecule has 2 aromatic rings. The average Bonchev–Trinajstić information content (AvgIpc) is 2.84. The maximum absolute atomic E-state index is 5.82. The van der Waals surface area contributed by atoms with Crippen molar-refractivity contribution in [3.63, 3.8) is 0 Å². The Morgan fingerprint density at radius 3 is 2.81 bits per heavy atom. The first-order chi connectivity index (χ1) is 7.66. The minimum atomic E-state index is 0.204. The van der Waals surface area contributed by atoms with Gasteiger partial charge in [-0.1, -0.05) is 0 Å². The minimum Gasteiger partial charge on any atom is -0.465 e. The molecule has 4 heteroatoms. The second-order valence-electron chi connectivity index (χ2n) is 3.85. The normalized spacial score (nSPS) is 12.9. The van der Waals surface area contributed by atoms with Gasteiger partial charge in [-0.25, -0.2) is 0 Å². The molecule has 1 unspecified atom stereocenters. The van der Waals surface area contributed by atoms with Gasteiger partial charge in [-0.2, -0.15) is 0 Å². The number of hydrogen-bond acceptors (Lipinski definition) is 4. The molecule has 16 heavy (non-hydrogen) atoms. The smallest absolute Gasteiger partial charge is 0.120 e. The molecule has 86 valence electrons. The van der Waals surface area contributed by atoms with E-state index in [-0.39, 0.29) is 6.04 Å². The first-order valence-corrected chi connectivity index (χ1v) is 6.16. The van der Waals surface area contributed by atoms with E-state index in [0.717, 1.165) is 23.8 Å². The number of nitrogens with two attached hydrogens (primary N) is 1. The highest BCUT2D eigenvalue weighted by Gasteiger charge is 2.09. The van der Waals surface area contributed by atoms with Crippen LogP contribution in [0.5, 0.6) is 0 Å². The van der Waals surface area contributed by atoms with Gasteiger partial charge in [-0.3, -0.25) is 0 Å². The van der Waals surface area contributed by atoms with Crippen molar-refractivity contribution in [2.75, 3.05) is 5.73 Å². The Morgan fingerprint density at radius 1 is 1.44 bits per heavy atom. The first kappa shape index (κ1) is 11.2. The van der Waals surface area contributed by atoms with E-state index in [1.807, 2.05) is 30.5 Å². The van der Waals surface area contributed by atoms with E-state index in [0.29, 0.717) is 0 Å². The quantitative estimate of drug-likeness (QED) is 0.857. The van der Waals surface area contributed by atoms with Gasteiger partial charge in [0.15, 0.2) is 0 Å². The van der Waals surface area contributed by atoms with Gasteiger partial charge < -0.3 is 15.5 Å². The lowest BCUT2D eigenvalue weighted by Gasteiger charge is -2.10. The predicted octanol–water partition coefficient (Wildman–Crippen LogP) is 3.08. The summed E-state index contributed by atoms with van der Waals surface area (Å²) in [5.41, 5.74) is 6.68. The maximum Gasteiger partial charge on any atom is 0.120 e. The Labute approximate surface area is 99.3 Å². The van der Waals surface area contributed by atoms with E-state index in [1.165, 1.54) is 4.88 Å². The molecule has 0 radical (unpaired) electrons. The van der Waals surface area contributed by atoms with Gasteiger partial charge in [0.05, 0.1) is 6.04 Å². The Bertz CT molecular complexity index is 461. The molecule has 0 aromatic carbocycles. The van der Waals surface area contributed by atoms with Crippen molar-refractivity contribution >= 4 is 17.0 Å². The van der Waals surface area contributed by atoms with Crippen LogP contribution in [-0.4, -0.2) is 0 Å². The SMILES string of the molecule is Cc1ccc(C(C)NCc2sccc2N)o1. The molecule has 0 aliphatic rings. The molecule has 0 aliphatic heterocycles. The number of furan rings is 1. The summed E-state index contributed by atoms with van der Waals surface area (Å²) in [4.78, 5) is 1.18. The number of aryl methyl sites for hydroxylation is 1. The van der Waals surface area contributed by atoms with Crippen molar-refractivity contribution in [3.8, 4) is 0 Å². The van der Waals surface area contributed by atoms with Crippen LogP contribution in [0.4, 0.5) is 5.69 Å². The Balaban J connectivity index is 1.93. The fraction of sp³-hybridized carbons (Fsp3) is 0.333. The van der Waals surface area contributed by atoms with Crippen molar-refractivity contribution in [2.45, 2.75) is 26.4 Å². The van der Waals surface area contributed by atoms with E-state index in [9.17, 15) is 0 Å². The van der Waals surface area contributed by atoms with Crippen LogP contribution in [0.2, 0.25) is 0 Å². The number of nitrogens with one attached hydrogen (secondary N) is 1. The van der Waals surface area contributed by atoms with Crippen LogP contribution in [0.3, 0.4) is 0 Å². The molecule has 0 spiro atoms. The van der Waals surface area contributed by atoms with E-state index >= 15 is 0 Å². The number of nitrogen functional groups attached to an aromatic ring is 1. The summed E-state index contributed by atoms with van der Waals surface area (Å²) < 4.78 is 5.56. The molecule has 2 heterocycles. The van der Waals surface area contributed by atoms with Crippen LogP contribution in [-0.2, 0) is 6.54 Å². The zero-order valence-electron chi connectivity index (χ0n) is 9.49.